The molecular formula is C10H14ClNO3S. The molecule has 1 N–H and O–H groups in total. The van der Waals surface area contributed by atoms with E-state index < -0.39 is 10.0 Å². The molecule has 0 bridgehead atoms. The first kappa shape index (κ1) is 13.3. The minimum absolute atomic E-state index is 0.0435. The van der Waals surface area contributed by atoms with Crippen LogP contribution in [-0.4, -0.2) is 22.1 Å². The van der Waals surface area contributed by atoms with Crippen molar-refractivity contribution < 1.29 is 13.2 Å². The van der Waals surface area contributed by atoms with Crippen LogP contribution in [0, 0.1) is 0 Å². The highest BCUT2D eigenvalue weighted by Crippen LogP contribution is 2.25. The Morgan fingerprint density at radius 1 is 1.44 bits per heavy atom. The molecule has 0 spiro atoms. The molecule has 0 saturated heterocycles. The van der Waals surface area contributed by atoms with Gasteiger partial charge in [0.15, 0.2) is 0 Å². The van der Waals surface area contributed by atoms with Crippen LogP contribution in [0.4, 0.5) is 0 Å². The molecule has 0 saturated carbocycles. The van der Waals surface area contributed by atoms with Crippen molar-refractivity contribution in [1.82, 2.24) is 4.72 Å². The monoisotopic (exact) mass is 263 g/mol. The summed E-state index contributed by atoms with van der Waals surface area (Å²) in [6, 6.07) is 4.52. The standard InChI is InChI=1S/C10H14ClNO3S/c1-3-6-12-16(13,14)10-7-8(15-2)4-5-9(10)11/h4-5,7,12H,3,6H2,1-2H3. The van der Waals surface area contributed by atoms with Crippen molar-refractivity contribution in [3.63, 3.8) is 0 Å². The second-order valence-electron chi connectivity index (χ2n) is 3.19. The minimum atomic E-state index is -3.55. The molecule has 0 aliphatic heterocycles. The largest absolute Gasteiger partial charge is 0.497 e. The van der Waals surface area contributed by atoms with Gasteiger partial charge in [0.2, 0.25) is 10.0 Å². The maximum Gasteiger partial charge on any atom is 0.242 e. The maximum atomic E-state index is 11.8. The molecule has 0 unspecified atom stereocenters. The summed E-state index contributed by atoms with van der Waals surface area (Å²) in [5.74, 6) is 0.460. The number of sulfonamides is 1. The van der Waals surface area contributed by atoms with Crippen LogP contribution in [0.3, 0.4) is 0 Å². The van der Waals surface area contributed by atoms with Crippen LogP contribution in [0.25, 0.3) is 0 Å². The first-order chi connectivity index (χ1) is 7.51. The predicted octanol–water partition coefficient (Wildman–Crippen LogP) is 2.04. The molecule has 0 amide bonds. The number of nitrogens with one attached hydrogen (secondary N) is 1. The molecule has 6 heteroatoms. The molecule has 0 atom stereocenters. The van der Waals surface area contributed by atoms with Crippen molar-refractivity contribution in [2.75, 3.05) is 13.7 Å². The highest BCUT2D eigenvalue weighted by Gasteiger charge is 2.17. The summed E-state index contributed by atoms with van der Waals surface area (Å²) in [5.41, 5.74) is 0. The van der Waals surface area contributed by atoms with Crippen LogP contribution in [0.15, 0.2) is 23.1 Å². The Morgan fingerprint density at radius 2 is 2.12 bits per heavy atom. The van der Waals surface area contributed by atoms with Crippen molar-refractivity contribution in [2.24, 2.45) is 0 Å². The lowest BCUT2D eigenvalue weighted by molar-refractivity contribution is 0.413. The van der Waals surface area contributed by atoms with E-state index in [0.717, 1.165) is 6.42 Å². The maximum absolute atomic E-state index is 11.8. The Kier molecular flexibility index (Phi) is 4.58. The molecule has 0 heterocycles. The van der Waals surface area contributed by atoms with Gasteiger partial charge in [-0.2, -0.15) is 0 Å². The summed E-state index contributed by atoms with van der Waals surface area (Å²) < 4.78 is 31.1. The molecule has 1 aromatic carbocycles. The summed E-state index contributed by atoms with van der Waals surface area (Å²) in [6.07, 6.45) is 0.723. The topological polar surface area (TPSA) is 55.4 Å². The Morgan fingerprint density at radius 3 is 2.69 bits per heavy atom. The van der Waals surface area contributed by atoms with Crippen LogP contribution in [-0.2, 0) is 10.0 Å². The van der Waals surface area contributed by atoms with Gasteiger partial charge in [0, 0.05) is 12.6 Å². The van der Waals surface area contributed by atoms with Gasteiger partial charge in [-0.3, -0.25) is 0 Å². The van der Waals surface area contributed by atoms with E-state index >= 15 is 0 Å². The van der Waals surface area contributed by atoms with Gasteiger partial charge in [-0.15, -0.1) is 0 Å². The molecule has 0 aliphatic carbocycles. The summed E-state index contributed by atoms with van der Waals surface area (Å²) in [7, 11) is -2.08. The lowest BCUT2D eigenvalue weighted by Crippen LogP contribution is -2.24. The SMILES string of the molecule is CCCNS(=O)(=O)c1cc(OC)ccc1Cl. The fraction of sp³-hybridized carbons (Fsp3) is 0.400. The van der Waals surface area contributed by atoms with Crippen LogP contribution in [0.2, 0.25) is 5.02 Å². The predicted molar refractivity (Wildman–Crippen MR) is 63.5 cm³/mol. The lowest BCUT2D eigenvalue weighted by atomic mass is 10.3. The van der Waals surface area contributed by atoms with E-state index in [9.17, 15) is 8.42 Å². The van der Waals surface area contributed by atoms with E-state index in [4.69, 9.17) is 16.3 Å². The average Bonchev–Trinajstić information content (AvgIpc) is 2.27. The molecule has 0 radical (unpaired) electrons. The van der Waals surface area contributed by atoms with Crippen molar-refractivity contribution in [3.05, 3.63) is 23.2 Å². The number of ether oxygens (including phenoxy) is 1. The van der Waals surface area contributed by atoms with Crippen LogP contribution in [0.1, 0.15) is 13.3 Å². The smallest absolute Gasteiger partial charge is 0.242 e. The Hall–Kier alpha value is -0.780. The van der Waals surface area contributed by atoms with Crippen molar-refractivity contribution >= 4 is 21.6 Å². The third-order valence-corrected chi connectivity index (χ3v) is 3.91. The number of methoxy groups -OCH3 is 1. The van der Waals surface area contributed by atoms with Crippen molar-refractivity contribution in [1.29, 1.82) is 0 Å². The number of rotatable bonds is 5. The molecular weight excluding hydrogens is 250 g/mol. The molecule has 1 aromatic rings. The van der Waals surface area contributed by atoms with Gasteiger partial charge >= 0.3 is 0 Å². The van der Waals surface area contributed by atoms with E-state index in [1.54, 1.807) is 6.07 Å². The zero-order valence-electron chi connectivity index (χ0n) is 9.16. The molecule has 0 aromatic heterocycles. The summed E-state index contributed by atoms with van der Waals surface area (Å²) in [5, 5.41) is 0.185. The van der Waals surface area contributed by atoms with Crippen LogP contribution in [0.5, 0.6) is 5.75 Å². The van der Waals surface area contributed by atoms with Gasteiger partial charge in [0.1, 0.15) is 10.6 Å². The molecule has 4 nitrogen and oxygen atoms in total. The zero-order valence-corrected chi connectivity index (χ0v) is 10.7. The Labute approximate surface area is 101 Å². The van der Waals surface area contributed by atoms with E-state index in [-0.39, 0.29) is 9.92 Å². The Bertz CT molecular complexity index is 459. The number of benzene rings is 1. The van der Waals surface area contributed by atoms with Gasteiger partial charge in [-0.05, 0) is 18.6 Å². The molecule has 0 aliphatic rings. The number of halogens is 1. The lowest BCUT2D eigenvalue weighted by Gasteiger charge is -2.08. The van der Waals surface area contributed by atoms with E-state index in [2.05, 4.69) is 4.72 Å². The summed E-state index contributed by atoms with van der Waals surface area (Å²) in [4.78, 5) is 0.0435. The molecule has 90 valence electrons. The average molecular weight is 264 g/mol. The van der Waals surface area contributed by atoms with E-state index in [1.807, 2.05) is 6.92 Å². The summed E-state index contributed by atoms with van der Waals surface area (Å²) in [6.45, 7) is 2.27. The second-order valence-corrected chi connectivity index (χ2v) is 5.34. The second kappa shape index (κ2) is 5.52. The highest BCUT2D eigenvalue weighted by molar-refractivity contribution is 7.89. The fourth-order valence-electron chi connectivity index (χ4n) is 1.13. The normalized spacial score (nSPS) is 11.4. The van der Waals surface area contributed by atoms with Crippen molar-refractivity contribution in [3.8, 4) is 5.75 Å². The first-order valence-corrected chi connectivity index (χ1v) is 6.70. The van der Waals surface area contributed by atoms with Gasteiger partial charge in [0.05, 0.1) is 12.1 Å². The van der Waals surface area contributed by atoms with E-state index in [0.29, 0.717) is 12.3 Å². The Balaban J connectivity index is 3.11. The minimum Gasteiger partial charge on any atom is -0.497 e. The van der Waals surface area contributed by atoms with Crippen LogP contribution < -0.4 is 9.46 Å². The first-order valence-electron chi connectivity index (χ1n) is 4.84. The fourth-order valence-corrected chi connectivity index (χ4v) is 2.78. The molecule has 1 rings (SSSR count). The third kappa shape index (κ3) is 3.10. The van der Waals surface area contributed by atoms with Gasteiger partial charge in [-0.1, -0.05) is 18.5 Å². The molecule has 16 heavy (non-hydrogen) atoms. The van der Waals surface area contributed by atoms with E-state index in [1.165, 1.54) is 19.2 Å². The zero-order chi connectivity index (χ0) is 12.2. The van der Waals surface area contributed by atoms with Crippen molar-refractivity contribution in [2.45, 2.75) is 18.2 Å². The highest BCUT2D eigenvalue weighted by atomic mass is 35.5. The molecule has 0 fully saturated rings. The van der Waals surface area contributed by atoms with Crippen LogP contribution >= 0.6 is 11.6 Å². The third-order valence-electron chi connectivity index (χ3n) is 1.97. The van der Waals surface area contributed by atoms with Gasteiger partial charge < -0.3 is 4.74 Å². The van der Waals surface area contributed by atoms with Gasteiger partial charge in [0.25, 0.3) is 0 Å². The number of hydrogen-bond acceptors (Lipinski definition) is 3. The number of hydrogen-bond donors (Lipinski definition) is 1. The van der Waals surface area contributed by atoms with Gasteiger partial charge in [-0.25, -0.2) is 13.1 Å². The summed E-state index contributed by atoms with van der Waals surface area (Å²) >= 11 is 5.84. The quantitative estimate of drug-likeness (QED) is 0.884.